The number of hydrogen-bond donors (Lipinski definition) is 2. The number of carbonyl (C=O) groups is 2. The number of anilines is 2. The number of thiocarbonyl (C=S) groups is 1. The minimum Gasteiger partial charge on any atom is -0.495 e. The molecule has 198 valence electrons. The van der Waals surface area contributed by atoms with Gasteiger partial charge in [0.05, 0.1) is 37.2 Å². The lowest BCUT2D eigenvalue weighted by atomic mass is 10.0. The number of amides is 1. The third kappa shape index (κ3) is 5.06. The Hall–Kier alpha value is -4.70. The van der Waals surface area contributed by atoms with E-state index in [4.69, 9.17) is 21.7 Å². The third-order valence-corrected chi connectivity index (χ3v) is 6.81. The smallest absolute Gasteiger partial charge is 0.337 e. The molecule has 0 radical (unpaired) electrons. The van der Waals surface area contributed by atoms with E-state index in [1.54, 1.807) is 31.5 Å². The Labute approximate surface area is 231 Å². The van der Waals surface area contributed by atoms with Gasteiger partial charge in [0.25, 0.3) is 0 Å². The van der Waals surface area contributed by atoms with Gasteiger partial charge in [-0.2, -0.15) is 0 Å². The van der Waals surface area contributed by atoms with E-state index in [2.05, 4.69) is 15.6 Å². The first-order chi connectivity index (χ1) is 18.9. The van der Waals surface area contributed by atoms with Gasteiger partial charge in [-0.15, -0.1) is 0 Å². The van der Waals surface area contributed by atoms with Crippen LogP contribution in [0.5, 0.6) is 5.75 Å². The van der Waals surface area contributed by atoms with E-state index in [1.807, 2.05) is 70.3 Å². The van der Waals surface area contributed by atoms with Crippen LogP contribution in [0.15, 0.2) is 85.2 Å². The predicted octanol–water partition coefficient (Wildman–Crippen LogP) is 4.80. The molecule has 5 rings (SSSR count). The van der Waals surface area contributed by atoms with Crippen LogP contribution in [-0.4, -0.2) is 40.8 Å². The van der Waals surface area contributed by atoms with Crippen LogP contribution in [-0.2, 0) is 9.53 Å². The Morgan fingerprint density at radius 1 is 1.00 bits per heavy atom. The Morgan fingerprint density at radius 3 is 2.56 bits per heavy atom. The van der Waals surface area contributed by atoms with E-state index < -0.39 is 5.97 Å². The fourth-order valence-corrected chi connectivity index (χ4v) is 5.18. The quantitative estimate of drug-likeness (QED) is 0.254. The zero-order valence-corrected chi connectivity index (χ0v) is 22.4. The third-order valence-electron chi connectivity index (χ3n) is 6.50. The average Bonchev–Trinajstić information content (AvgIpc) is 3.57. The van der Waals surface area contributed by atoms with Gasteiger partial charge in [0.2, 0.25) is 5.91 Å². The molecule has 0 spiro atoms. The highest BCUT2D eigenvalue weighted by atomic mass is 32.1. The van der Waals surface area contributed by atoms with Crippen LogP contribution in [0, 0.1) is 0 Å². The summed E-state index contributed by atoms with van der Waals surface area (Å²) in [4.78, 5) is 30.8. The monoisotopic (exact) mass is 541 g/mol. The molecule has 1 fully saturated rings. The number of nitrogens with one attached hydrogen (secondary N) is 2. The second kappa shape index (κ2) is 11.0. The molecule has 10 heteroatoms. The lowest BCUT2D eigenvalue weighted by Gasteiger charge is -2.29. The largest absolute Gasteiger partial charge is 0.495 e. The van der Waals surface area contributed by atoms with Crippen LogP contribution < -0.4 is 20.3 Å². The van der Waals surface area contributed by atoms with Crippen molar-refractivity contribution >= 4 is 40.6 Å². The summed E-state index contributed by atoms with van der Waals surface area (Å²) in [5, 5.41) is 6.80. The standard InChI is InChI=1S/C29H27N5O4S/c1-18(35)31-23-17-21(12-13-25(23)37-2)34-27(26(32-29(34)39)22-10-4-5-14-30-22)24-11-7-15-33(24)20-9-6-8-19(16-20)28(36)38-3/h4-17,26-27H,1-3H3,(H,31,35)(H,32,39). The summed E-state index contributed by atoms with van der Waals surface area (Å²) in [6.45, 7) is 1.45. The average molecular weight is 542 g/mol. The van der Waals surface area contributed by atoms with Crippen LogP contribution in [0.4, 0.5) is 11.4 Å². The molecular weight excluding hydrogens is 514 g/mol. The van der Waals surface area contributed by atoms with Crippen LogP contribution in [0.1, 0.15) is 40.8 Å². The van der Waals surface area contributed by atoms with Crippen LogP contribution in [0.2, 0.25) is 0 Å². The second-order valence-corrected chi connectivity index (χ2v) is 9.29. The summed E-state index contributed by atoms with van der Waals surface area (Å²) in [5.41, 5.74) is 4.27. The molecule has 2 unspecified atom stereocenters. The highest BCUT2D eigenvalue weighted by molar-refractivity contribution is 7.80. The summed E-state index contributed by atoms with van der Waals surface area (Å²) < 4.78 is 12.4. The van der Waals surface area contributed by atoms with Crippen LogP contribution in [0.25, 0.3) is 5.69 Å². The molecule has 2 N–H and O–H groups in total. The first-order valence-electron chi connectivity index (χ1n) is 12.2. The number of hydrogen-bond acceptors (Lipinski definition) is 6. The minimum absolute atomic E-state index is 0.213. The van der Waals surface area contributed by atoms with Crippen molar-refractivity contribution in [3.05, 3.63) is 102 Å². The van der Waals surface area contributed by atoms with Gasteiger partial charge in [-0.25, -0.2) is 4.79 Å². The van der Waals surface area contributed by atoms with Gasteiger partial charge >= 0.3 is 5.97 Å². The fraction of sp³-hybridized carbons (Fsp3) is 0.172. The first kappa shape index (κ1) is 25.9. The first-order valence-corrected chi connectivity index (χ1v) is 12.6. The zero-order valence-electron chi connectivity index (χ0n) is 21.6. The van der Waals surface area contributed by atoms with Gasteiger partial charge in [0.1, 0.15) is 11.8 Å². The SMILES string of the molecule is COC(=O)c1cccc(-n2cccc2C2C(c3ccccn3)NC(=S)N2c2ccc(OC)c(NC(C)=O)c2)c1. The number of rotatable bonds is 7. The summed E-state index contributed by atoms with van der Waals surface area (Å²) in [5.74, 6) is -0.0892. The predicted molar refractivity (Wildman–Crippen MR) is 152 cm³/mol. The van der Waals surface area contributed by atoms with E-state index in [0.717, 1.165) is 22.8 Å². The molecule has 9 nitrogen and oxygen atoms in total. The Morgan fingerprint density at radius 2 is 1.85 bits per heavy atom. The topological polar surface area (TPSA) is 97.7 Å². The molecule has 4 aromatic rings. The summed E-state index contributed by atoms with van der Waals surface area (Å²) in [7, 11) is 2.91. The number of esters is 1. The molecule has 0 bridgehead atoms. The van der Waals surface area contributed by atoms with Gasteiger partial charge in [-0.05, 0) is 72.9 Å². The van der Waals surface area contributed by atoms with E-state index >= 15 is 0 Å². The number of carbonyl (C=O) groups excluding carboxylic acids is 2. The molecule has 1 aliphatic rings. The number of aromatic nitrogens is 2. The van der Waals surface area contributed by atoms with E-state index in [0.29, 0.717) is 22.1 Å². The Kier molecular flexibility index (Phi) is 7.29. The molecule has 1 aliphatic heterocycles. The number of benzene rings is 2. The van der Waals surface area contributed by atoms with E-state index in [-0.39, 0.29) is 18.0 Å². The molecule has 1 saturated heterocycles. The van der Waals surface area contributed by atoms with Crippen molar-refractivity contribution in [2.45, 2.75) is 19.0 Å². The van der Waals surface area contributed by atoms with Crippen LogP contribution in [0.3, 0.4) is 0 Å². The fourth-order valence-electron chi connectivity index (χ4n) is 4.84. The molecule has 2 atom stereocenters. The number of nitrogens with zero attached hydrogens (tertiary/aromatic N) is 3. The highest BCUT2D eigenvalue weighted by Crippen LogP contribution is 2.43. The van der Waals surface area contributed by atoms with Crippen molar-refractivity contribution in [1.29, 1.82) is 0 Å². The maximum absolute atomic E-state index is 12.2. The Bertz CT molecular complexity index is 1540. The Balaban J connectivity index is 1.66. The van der Waals surface area contributed by atoms with Crippen molar-refractivity contribution in [2.75, 3.05) is 24.4 Å². The maximum Gasteiger partial charge on any atom is 0.337 e. The molecule has 0 saturated carbocycles. The summed E-state index contributed by atoms with van der Waals surface area (Å²) in [6, 6.07) is 21.9. The van der Waals surface area contributed by atoms with E-state index in [1.165, 1.54) is 14.0 Å². The molecule has 2 aromatic heterocycles. The number of pyridine rings is 1. The van der Waals surface area contributed by atoms with Gasteiger partial charge in [-0.3, -0.25) is 9.78 Å². The lowest BCUT2D eigenvalue weighted by molar-refractivity contribution is -0.114. The molecular formula is C29H27N5O4S. The molecule has 0 aliphatic carbocycles. The molecule has 2 aromatic carbocycles. The van der Waals surface area contributed by atoms with Crippen molar-refractivity contribution in [2.24, 2.45) is 0 Å². The molecule has 1 amide bonds. The zero-order chi connectivity index (χ0) is 27.5. The van der Waals surface area contributed by atoms with Gasteiger partial charge < -0.3 is 29.6 Å². The summed E-state index contributed by atoms with van der Waals surface area (Å²) in [6.07, 6.45) is 3.69. The number of ether oxygens (including phenoxy) is 2. The normalized spacial score (nSPS) is 16.5. The van der Waals surface area contributed by atoms with Gasteiger partial charge in [0.15, 0.2) is 5.11 Å². The van der Waals surface area contributed by atoms with E-state index in [9.17, 15) is 9.59 Å². The van der Waals surface area contributed by atoms with Crippen molar-refractivity contribution in [3.63, 3.8) is 0 Å². The molecule has 39 heavy (non-hydrogen) atoms. The minimum atomic E-state index is -0.411. The number of methoxy groups -OCH3 is 2. The lowest BCUT2D eigenvalue weighted by Crippen LogP contribution is -2.30. The summed E-state index contributed by atoms with van der Waals surface area (Å²) >= 11 is 5.87. The van der Waals surface area contributed by atoms with Crippen LogP contribution >= 0.6 is 12.2 Å². The highest BCUT2D eigenvalue weighted by Gasteiger charge is 2.42. The van der Waals surface area contributed by atoms with Crippen molar-refractivity contribution < 1.29 is 19.1 Å². The maximum atomic E-state index is 12.2. The van der Waals surface area contributed by atoms with Gasteiger partial charge in [-0.1, -0.05) is 12.1 Å². The molecule has 3 heterocycles. The van der Waals surface area contributed by atoms with Crippen molar-refractivity contribution in [3.8, 4) is 11.4 Å². The van der Waals surface area contributed by atoms with Gasteiger partial charge in [0, 0.05) is 36.4 Å². The second-order valence-electron chi connectivity index (χ2n) is 8.91. The van der Waals surface area contributed by atoms with Crippen molar-refractivity contribution in [1.82, 2.24) is 14.9 Å².